The number of rotatable bonds is 9. The molecule has 5 nitrogen and oxygen atoms in total. The Kier molecular flexibility index (Phi) is 9.08. The van der Waals surface area contributed by atoms with Crippen LogP contribution in [0.2, 0.25) is 0 Å². The van der Waals surface area contributed by atoms with E-state index in [4.69, 9.17) is 27.9 Å². The Morgan fingerprint density at radius 1 is 1.28 bits per heavy atom. The lowest BCUT2D eigenvalue weighted by Crippen LogP contribution is -2.31. The van der Waals surface area contributed by atoms with Crippen LogP contribution in [0.4, 0.5) is 10.5 Å². The van der Waals surface area contributed by atoms with Crippen LogP contribution in [0.1, 0.15) is 46.5 Å². The maximum absolute atomic E-state index is 11.9. The molecule has 25 heavy (non-hydrogen) atoms. The van der Waals surface area contributed by atoms with Crippen LogP contribution in [0.15, 0.2) is 24.3 Å². The van der Waals surface area contributed by atoms with E-state index in [2.05, 4.69) is 24.5 Å². The van der Waals surface area contributed by atoms with Crippen molar-refractivity contribution in [1.82, 2.24) is 5.32 Å². The van der Waals surface area contributed by atoms with Crippen molar-refractivity contribution in [3.05, 3.63) is 24.3 Å². The van der Waals surface area contributed by atoms with Crippen molar-refractivity contribution in [2.75, 3.05) is 11.9 Å². The first-order valence-corrected chi connectivity index (χ1v) is 9.26. The van der Waals surface area contributed by atoms with Gasteiger partial charge in [-0.25, -0.2) is 4.79 Å². The molecule has 0 aliphatic carbocycles. The number of hydrogen-bond acceptors (Lipinski definition) is 3. The van der Waals surface area contributed by atoms with Gasteiger partial charge in [0.1, 0.15) is 5.75 Å². The minimum absolute atomic E-state index is 0.322. The summed E-state index contributed by atoms with van der Waals surface area (Å²) >= 11 is 11.5. The predicted molar refractivity (Wildman–Crippen MR) is 103 cm³/mol. The second kappa shape index (κ2) is 10.5. The number of anilines is 1. The molecule has 1 atom stereocenters. The molecule has 0 aliphatic heterocycles. The highest BCUT2D eigenvalue weighted by molar-refractivity contribution is 6.58. The number of unbranched alkanes of at least 4 members (excludes halogenated alkanes) is 1. The molecule has 0 spiro atoms. The molecule has 0 aliphatic rings. The Morgan fingerprint density at radius 3 is 2.60 bits per heavy atom. The molecule has 0 heterocycles. The SMILES string of the molecule is CCCCC(CC)CNC(=O)Oc1cccc(NC(=O)C(C)(Cl)Cl)c1. The molecular weight excluding hydrogens is 363 g/mol. The monoisotopic (exact) mass is 388 g/mol. The number of amides is 2. The van der Waals surface area contributed by atoms with Crippen LogP contribution >= 0.6 is 23.2 Å². The van der Waals surface area contributed by atoms with Gasteiger partial charge in [-0.15, -0.1) is 0 Å². The van der Waals surface area contributed by atoms with Gasteiger partial charge in [0.05, 0.1) is 0 Å². The molecule has 1 aromatic carbocycles. The maximum Gasteiger partial charge on any atom is 0.412 e. The molecule has 0 fully saturated rings. The summed E-state index contributed by atoms with van der Waals surface area (Å²) in [5, 5.41) is 5.35. The maximum atomic E-state index is 11.9. The third kappa shape index (κ3) is 8.45. The van der Waals surface area contributed by atoms with Gasteiger partial charge in [0, 0.05) is 18.3 Å². The fraction of sp³-hybridized carbons (Fsp3) is 0.556. The van der Waals surface area contributed by atoms with Crippen molar-refractivity contribution in [2.24, 2.45) is 5.92 Å². The van der Waals surface area contributed by atoms with E-state index in [9.17, 15) is 9.59 Å². The number of hydrogen-bond donors (Lipinski definition) is 2. The van der Waals surface area contributed by atoms with Crippen LogP contribution in [0, 0.1) is 5.92 Å². The predicted octanol–water partition coefficient (Wildman–Crippen LogP) is 5.12. The lowest BCUT2D eigenvalue weighted by Gasteiger charge is -2.16. The topological polar surface area (TPSA) is 67.4 Å². The minimum atomic E-state index is -1.54. The molecule has 0 saturated carbocycles. The molecule has 1 rings (SSSR count). The highest BCUT2D eigenvalue weighted by Crippen LogP contribution is 2.24. The zero-order valence-electron chi connectivity index (χ0n) is 14.9. The van der Waals surface area contributed by atoms with Crippen molar-refractivity contribution in [3.63, 3.8) is 0 Å². The third-order valence-corrected chi connectivity index (χ3v) is 4.12. The lowest BCUT2D eigenvalue weighted by molar-refractivity contribution is -0.116. The van der Waals surface area contributed by atoms with Crippen molar-refractivity contribution < 1.29 is 14.3 Å². The van der Waals surface area contributed by atoms with Crippen molar-refractivity contribution in [1.29, 1.82) is 0 Å². The molecule has 140 valence electrons. The van der Waals surface area contributed by atoms with Crippen LogP contribution in [-0.2, 0) is 4.79 Å². The Labute approximate surface area is 159 Å². The summed E-state index contributed by atoms with van der Waals surface area (Å²) in [5.74, 6) is 0.213. The number of benzene rings is 1. The molecule has 1 unspecified atom stereocenters. The second-order valence-electron chi connectivity index (χ2n) is 6.06. The van der Waals surface area contributed by atoms with Crippen LogP contribution in [0.25, 0.3) is 0 Å². The second-order valence-corrected chi connectivity index (χ2v) is 7.76. The van der Waals surface area contributed by atoms with E-state index in [0.29, 0.717) is 23.9 Å². The average molecular weight is 389 g/mol. The van der Waals surface area contributed by atoms with E-state index in [1.54, 1.807) is 18.2 Å². The van der Waals surface area contributed by atoms with Gasteiger partial charge in [0.25, 0.3) is 5.91 Å². The summed E-state index contributed by atoms with van der Waals surface area (Å²) in [6.07, 6.45) is 3.88. The minimum Gasteiger partial charge on any atom is -0.410 e. The standard InChI is InChI=1S/C18H26Cl2N2O3/c1-4-6-8-13(5-2)12-21-17(24)25-15-10-7-9-14(11-15)22-16(23)18(3,19)20/h7,9-11,13H,4-6,8,12H2,1-3H3,(H,21,24)(H,22,23). The van der Waals surface area contributed by atoms with Crippen molar-refractivity contribution in [3.8, 4) is 5.75 Å². The summed E-state index contributed by atoms with van der Waals surface area (Å²) in [6.45, 7) is 6.22. The van der Waals surface area contributed by atoms with E-state index in [1.165, 1.54) is 13.0 Å². The van der Waals surface area contributed by atoms with Crippen LogP contribution in [0.5, 0.6) is 5.75 Å². The number of alkyl halides is 2. The van der Waals surface area contributed by atoms with E-state index >= 15 is 0 Å². The molecular formula is C18H26Cl2N2O3. The largest absolute Gasteiger partial charge is 0.412 e. The Bertz CT molecular complexity index is 574. The smallest absolute Gasteiger partial charge is 0.410 e. The Balaban J connectivity index is 2.55. The third-order valence-electron chi connectivity index (χ3n) is 3.78. The summed E-state index contributed by atoms with van der Waals surface area (Å²) in [5.41, 5.74) is 0.442. The molecule has 0 radical (unpaired) electrons. The quantitative estimate of drug-likeness (QED) is 0.576. The van der Waals surface area contributed by atoms with Gasteiger partial charge in [0.15, 0.2) is 4.33 Å². The van der Waals surface area contributed by atoms with Gasteiger partial charge < -0.3 is 15.4 Å². The van der Waals surface area contributed by atoms with Crippen LogP contribution in [0.3, 0.4) is 0 Å². The highest BCUT2D eigenvalue weighted by Gasteiger charge is 2.27. The zero-order chi connectivity index (χ0) is 18.9. The van der Waals surface area contributed by atoms with Gasteiger partial charge in [-0.05, 0) is 31.4 Å². The zero-order valence-corrected chi connectivity index (χ0v) is 16.4. The summed E-state index contributed by atoms with van der Waals surface area (Å²) < 4.78 is 3.71. The fourth-order valence-corrected chi connectivity index (χ4v) is 2.29. The van der Waals surface area contributed by atoms with E-state index in [1.807, 2.05) is 0 Å². The van der Waals surface area contributed by atoms with E-state index in [0.717, 1.165) is 25.7 Å². The molecule has 1 aromatic rings. The van der Waals surface area contributed by atoms with E-state index in [-0.39, 0.29) is 0 Å². The summed E-state index contributed by atoms with van der Waals surface area (Å²) in [4.78, 5) is 23.7. The number of carbonyl (C=O) groups is 2. The average Bonchev–Trinajstić information content (AvgIpc) is 2.54. The Morgan fingerprint density at radius 2 is 2.00 bits per heavy atom. The van der Waals surface area contributed by atoms with Crippen LogP contribution in [-0.4, -0.2) is 22.9 Å². The molecule has 7 heteroatoms. The first-order chi connectivity index (χ1) is 11.8. The lowest BCUT2D eigenvalue weighted by atomic mass is 10.00. The van der Waals surface area contributed by atoms with Gasteiger partial charge in [-0.2, -0.15) is 0 Å². The molecule has 0 saturated heterocycles. The van der Waals surface area contributed by atoms with Crippen molar-refractivity contribution >= 4 is 40.9 Å². The summed E-state index contributed by atoms with van der Waals surface area (Å²) in [7, 11) is 0. The molecule has 0 bridgehead atoms. The number of nitrogens with one attached hydrogen (secondary N) is 2. The normalized spacial score (nSPS) is 12.4. The number of ether oxygens (including phenoxy) is 1. The van der Waals surface area contributed by atoms with Gasteiger partial charge in [-0.3, -0.25) is 4.79 Å². The van der Waals surface area contributed by atoms with Crippen molar-refractivity contribution in [2.45, 2.75) is 50.8 Å². The Hall–Kier alpha value is -1.46. The first kappa shape index (κ1) is 21.6. The number of carbonyl (C=O) groups excluding carboxylic acids is 2. The summed E-state index contributed by atoms with van der Waals surface area (Å²) in [6, 6.07) is 6.48. The first-order valence-electron chi connectivity index (χ1n) is 8.51. The molecule has 0 aromatic heterocycles. The molecule has 2 amide bonds. The fourth-order valence-electron chi connectivity index (χ4n) is 2.19. The molecule has 2 N–H and O–H groups in total. The number of halogens is 2. The van der Waals surface area contributed by atoms with Crippen LogP contribution < -0.4 is 15.4 Å². The van der Waals surface area contributed by atoms with Gasteiger partial charge in [-0.1, -0.05) is 62.4 Å². The van der Waals surface area contributed by atoms with E-state index < -0.39 is 16.3 Å². The van der Waals surface area contributed by atoms with Gasteiger partial charge in [0.2, 0.25) is 0 Å². The van der Waals surface area contributed by atoms with Gasteiger partial charge >= 0.3 is 6.09 Å². The highest BCUT2D eigenvalue weighted by atomic mass is 35.5.